The van der Waals surface area contributed by atoms with Crippen LogP contribution in [0.15, 0.2) is 18.3 Å². The van der Waals surface area contributed by atoms with Gasteiger partial charge < -0.3 is 10.1 Å². The summed E-state index contributed by atoms with van der Waals surface area (Å²) in [7, 11) is 2.10. The van der Waals surface area contributed by atoms with Gasteiger partial charge in [0, 0.05) is 25.8 Å². The number of nitrogens with one attached hydrogen (secondary N) is 1. The Bertz CT molecular complexity index is 338. The van der Waals surface area contributed by atoms with Gasteiger partial charge in [-0.15, -0.1) is 0 Å². The van der Waals surface area contributed by atoms with E-state index in [0.29, 0.717) is 6.10 Å². The Hall–Kier alpha value is -0.970. The monoisotopic (exact) mass is 265 g/mol. The molecule has 0 amide bonds. The van der Waals surface area contributed by atoms with E-state index in [1.807, 2.05) is 6.20 Å². The highest BCUT2D eigenvalue weighted by molar-refractivity contribution is 5.13. The fourth-order valence-electron chi connectivity index (χ4n) is 1.72. The molecule has 0 saturated heterocycles. The lowest BCUT2D eigenvalue weighted by atomic mass is 10.2. The molecule has 0 unspecified atom stereocenters. The average molecular weight is 265 g/mol. The summed E-state index contributed by atoms with van der Waals surface area (Å²) in [6, 6.07) is 4.25. The van der Waals surface area contributed by atoms with Gasteiger partial charge in [-0.3, -0.25) is 9.88 Å². The second-order valence-corrected chi connectivity index (χ2v) is 5.10. The van der Waals surface area contributed by atoms with E-state index >= 15 is 0 Å². The van der Waals surface area contributed by atoms with Crippen molar-refractivity contribution in [3.05, 3.63) is 29.6 Å². The maximum absolute atomic E-state index is 5.54. The number of hydrogen-bond donors (Lipinski definition) is 1. The summed E-state index contributed by atoms with van der Waals surface area (Å²) < 4.78 is 5.54. The third-order valence-electron chi connectivity index (χ3n) is 2.82. The van der Waals surface area contributed by atoms with Crippen LogP contribution in [0.3, 0.4) is 0 Å². The molecule has 1 heterocycles. The normalized spacial score (nSPS) is 11.5. The molecule has 0 aromatic carbocycles. The molecule has 108 valence electrons. The standard InChI is InChI=1S/C15H27N3O/c1-5-16-10-14-6-7-15(17-11-14)12-18(4)8-9-19-13(2)3/h6-7,11,13,16H,5,8-10,12H2,1-4H3. The Kier molecular flexibility index (Phi) is 7.63. The zero-order valence-corrected chi connectivity index (χ0v) is 12.6. The van der Waals surface area contributed by atoms with Gasteiger partial charge in [-0.25, -0.2) is 0 Å². The zero-order valence-electron chi connectivity index (χ0n) is 12.6. The molecule has 19 heavy (non-hydrogen) atoms. The second-order valence-electron chi connectivity index (χ2n) is 5.10. The predicted octanol–water partition coefficient (Wildman–Crippen LogP) is 2.05. The molecular weight excluding hydrogens is 238 g/mol. The fraction of sp³-hybridized carbons (Fsp3) is 0.667. The van der Waals surface area contributed by atoms with Crippen molar-refractivity contribution in [2.75, 3.05) is 26.7 Å². The average Bonchev–Trinajstić information content (AvgIpc) is 2.37. The van der Waals surface area contributed by atoms with Crippen LogP contribution in [-0.2, 0) is 17.8 Å². The Labute approximate surface area is 117 Å². The van der Waals surface area contributed by atoms with Gasteiger partial charge in [0.25, 0.3) is 0 Å². The van der Waals surface area contributed by atoms with E-state index in [-0.39, 0.29) is 0 Å². The molecule has 0 aliphatic heterocycles. The molecule has 4 nitrogen and oxygen atoms in total. The molecule has 0 fully saturated rings. The van der Waals surface area contributed by atoms with Crippen molar-refractivity contribution in [2.45, 2.75) is 40.0 Å². The lowest BCUT2D eigenvalue weighted by Crippen LogP contribution is -2.24. The largest absolute Gasteiger partial charge is 0.377 e. The van der Waals surface area contributed by atoms with Crippen molar-refractivity contribution < 1.29 is 4.74 Å². The number of pyridine rings is 1. The van der Waals surface area contributed by atoms with Crippen molar-refractivity contribution in [1.82, 2.24) is 15.2 Å². The Morgan fingerprint density at radius 3 is 2.74 bits per heavy atom. The molecule has 4 heteroatoms. The highest BCUT2D eigenvalue weighted by Crippen LogP contribution is 2.03. The molecule has 1 rings (SSSR count). The molecule has 0 bridgehead atoms. The summed E-state index contributed by atoms with van der Waals surface area (Å²) >= 11 is 0. The highest BCUT2D eigenvalue weighted by atomic mass is 16.5. The summed E-state index contributed by atoms with van der Waals surface area (Å²) in [6.45, 7) is 10.7. The van der Waals surface area contributed by atoms with Crippen LogP contribution in [0.5, 0.6) is 0 Å². The van der Waals surface area contributed by atoms with E-state index in [0.717, 1.165) is 38.5 Å². The third kappa shape index (κ3) is 7.25. The van der Waals surface area contributed by atoms with Crippen LogP contribution in [0.4, 0.5) is 0 Å². The van der Waals surface area contributed by atoms with Gasteiger partial charge >= 0.3 is 0 Å². The number of likely N-dealkylation sites (N-methyl/N-ethyl adjacent to an activating group) is 1. The van der Waals surface area contributed by atoms with E-state index in [2.05, 4.69) is 55.2 Å². The van der Waals surface area contributed by atoms with Crippen molar-refractivity contribution in [1.29, 1.82) is 0 Å². The number of rotatable bonds is 9. The Balaban J connectivity index is 2.31. The molecule has 1 N–H and O–H groups in total. The van der Waals surface area contributed by atoms with Crippen molar-refractivity contribution in [3.63, 3.8) is 0 Å². The third-order valence-corrected chi connectivity index (χ3v) is 2.82. The number of aromatic nitrogens is 1. The van der Waals surface area contributed by atoms with E-state index < -0.39 is 0 Å². The number of ether oxygens (including phenoxy) is 1. The maximum atomic E-state index is 5.54. The van der Waals surface area contributed by atoms with Crippen LogP contribution in [0.1, 0.15) is 32.0 Å². The van der Waals surface area contributed by atoms with Crippen LogP contribution < -0.4 is 5.32 Å². The van der Waals surface area contributed by atoms with Gasteiger partial charge in [-0.2, -0.15) is 0 Å². The predicted molar refractivity (Wildman–Crippen MR) is 79.0 cm³/mol. The number of hydrogen-bond acceptors (Lipinski definition) is 4. The first-order chi connectivity index (χ1) is 9.11. The summed E-state index contributed by atoms with van der Waals surface area (Å²) in [4.78, 5) is 6.72. The van der Waals surface area contributed by atoms with Gasteiger partial charge in [-0.1, -0.05) is 13.0 Å². The fourth-order valence-corrected chi connectivity index (χ4v) is 1.72. The first-order valence-electron chi connectivity index (χ1n) is 7.06. The molecule has 1 aromatic heterocycles. The first kappa shape index (κ1) is 16.1. The van der Waals surface area contributed by atoms with E-state index in [1.54, 1.807) is 0 Å². The summed E-state index contributed by atoms with van der Waals surface area (Å²) in [6.07, 6.45) is 2.26. The maximum Gasteiger partial charge on any atom is 0.0596 e. The molecular formula is C15H27N3O. The first-order valence-corrected chi connectivity index (χ1v) is 7.06. The van der Waals surface area contributed by atoms with E-state index in [1.165, 1.54) is 5.56 Å². The molecule has 0 aliphatic rings. The SMILES string of the molecule is CCNCc1ccc(CN(C)CCOC(C)C)nc1. The minimum Gasteiger partial charge on any atom is -0.377 e. The van der Waals surface area contributed by atoms with Gasteiger partial charge in [0.15, 0.2) is 0 Å². The van der Waals surface area contributed by atoms with Crippen molar-refractivity contribution >= 4 is 0 Å². The minimum atomic E-state index is 0.303. The molecule has 1 aromatic rings. The van der Waals surface area contributed by atoms with Gasteiger partial charge in [0.1, 0.15) is 0 Å². The van der Waals surface area contributed by atoms with Gasteiger partial charge in [-0.05, 0) is 39.1 Å². The quantitative estimate of drug-likeness (QED) is 0.741. The van der Waals surface area contributed by atoms with Crippen LogP contribution in [0.2, 0.25) is 0 Å². The molecule has 0 radical (unpaired) electrons. The summed E-state index contributed by atoms with van der Waals surface area (Å²) in [5.74, 6) is 0. The Morgan fingerprint density at radius 2 is 2.16 bits per heavy atom. The van der Waals surface area contributed by atoms with Crippen LogP contribution in [0, 0.1) is 0 Å². The lowest BCUT2D eigenvalue weighted by Gasteiger charge is -2.17. The highest BCUT2D eigenvalue weighted by Gasteiger charge is 2.02. The minimum absolute atomic E-state index is 0.303. The molecule has 0 spiro atoms. The van der Waals surface area contributed by atoms with Crippen LogP contribution >= 0.6 is 0 Å². The topological polar surface area (TPSA) is 37.4 Å². The summed E-state index contributed by atoms with van der Waals surface area (Å²) in [5.41, 5.74) is 2.34. The molecule has 0 aliphatic carbocycles. The van der Waals surface area contributed by atoms with E-state index in [9.17, 15) is 0 Å². The number of nitrogens with zero attached hydrogens (tertiary/aromatic N) is 2. The van der Waals surface area contributed by atoms with Crippen molar-refractivity contribution in [3.8, 4) is 0 Å². The van der Waals surface area contributed by atoms with Gasteiger partial charge in [0.05, 0.1) is 18.4 Å². The van der Waals surface area contributed by atoms with Gasteiger partial charge in [0.2, 0.25) is 0 Å². The molecule has 0 atom stereocenters. The van der Waals surface area contributed by atoms with Crippen LogP contribution in [0.25, 0.3) is 0 Å². The van der Waals surface area contributed by atoms with Crippen molar-refractivity contribution in [2.24, 2.45) is 0 Å². The summed E-state index contributed by atoms with van der Waals surface area (Å²) in [5, 5.41) is 3.30. The van der Waals surface area contributed by atoms with E-state index in [4.69, 9.17) is 4.74 Å². The zero-order chi connectivity index (χ0) is 14.1. The lowest BCUT2D eigenvalue weighted by molar-refractivity contribution is 0.0625. The smallest absolute Gasteiger partial charge is 0.0596 e. The second kappa shape index (κ2) is 9.02. The molecule has 0 saturated carbocycles. The Morgan fingerprint density at radius 1 is 1.37 bits per heavy atom. The van der Waals surface area contributed by atoms with Crippen LogP contribution in [-0.4, -0.2) is 42.7 Å².